The molecular formula is C19H31NO3S. The number of benzene rings is 1. The zero-order valence-corrected chi connectivity index (χ0v) is 16.4. The maximum absolute atomic E-state index is 13.1. The van der Waals surface area contributed by atoms with Gasteiger partial charge in [0.1, 0.15) is 5.75 Å². The van der Waals surface area contributed by atoms with Crippen LogP contribution in [0.3, 0.4) is 0 Å². The molecule has 2 atom stereocenters. The van der Waals surface area contributed by atoms with Crippen molar-refractivity contribution in [2.24, 2.45) is 11.8 Å². The molecule has 5 heteroatoms. The Labute approximate surface area is 147 Å². The molecular weight excluding hydrogens is 322 g/mol. The van der Waals surface area contributed by atoms with Crippen molar-refractivity contribution in [1.29, 1.82) is 0 Å². The second kappa shape index (κ2) is 7.87. The molecule has 0 unspecified atom stereocenters. The summed E-state index contributed by atoms with van der Waals surface area (Å²) < 4.78 is 33.7. The second-order valence-electron chi connectivity index (χ2n) is 7.28. The number of hydrogen-bond acceptors (Lipinski definition) is 3. The predicted molar refractivity (Wildman–Crippen MR) is 98.0 cm³/mol. The Balaban J connectivity index is 2.29. The molecule has 1 aromatic rings. The van der Waals surface area contributed by atoms with Crippen molar-refractivity contribution in [2.45, 2.75) is 58.8 Å². The van der Waals surface area contributed by atoms with Gasteiger partial charge in [0.2, 0.25) is 10.0 Å². The number of rotatable bonds is 6. The fraction of sp³-hybridized carbons (Fsp3) is 0.684. The van der Waals surface area contributed by atoms with E-state index in [4.69, 9.17) is 4.74 Å². The van der Waals surface area contributed by atoms with Crippen LogP contribution in [0.1, 0.15) is 51.2 Å². The summed E-state index contributed by atoms with van der Waals surface area (Å²) in [5, 5.41) is 0. The molecule has 2 rings (SSSR count). The number of piperidine rings is 1. The third-order valence-corrected chi connectivity index (χ3v) is 6.87. The van der Waals surface area contributed by atoms with E-state index in [-0.39, 0.29) is 0 Å². The van der Waals surface area contributed by atoms with Crippen molar-refractivity contribution < 1.29 is 13.2 Å². The van der Waals surface area contributed by atoms with Gasteiger partial charge in [0.15, 0.2) is 0 Å². The molecule has 0 amide bonds. The predicted octanol–water partition coefficient (Wildman–Crippen LogP) is 4.15. The lowest BCUT2D eigenvalue weighted by atomic mass is 9.94. The monoisotopic (exact) mass is 353 g/mol. The first-order valence-electron chi connectivity index (χ1n) is 9.00. The number of unbranched alkanes of at least 4 members (excludes halogenated alkanes) is 1. The second-order valence-corrected chi connectivity index (χ2v) is 9.19. The fourth-order valence-electron chi connectivity index (χ4n) is 3.47. The van der Waals surface area contributed by atoms with Crippen LogP contribution in [0.5, 0.6) is 5.75 Å². The Morgan fingerprint density at radius 3 is 2.33 bits per heavy atom. The van der Waals surface area contributed by atoms with Crippen molar-refractivity contribution in [1.82, 2.24) is 4.31 Å². The summed E-state index contributed by atoms with van der Waals surface area (Å²) in [6, 6.07) is 3.52. The standard InChI is InChI=1S/C19H31NO3S/c1-6-7-10-23-18-8-9-19(17(5)16(18)4)24(21,22)20-12-14(2)11-15(3)13-20/h8-9,14-15H,6-7,10-13H2,1-5H3/t14-,15+. The first kappa shape index (κ1) is 19.3. The quantitative estimate of drug-likeness (QED) is 0.722. The first-order valence-corrected chi connectivity index (χ1v) is 10.4. The van der Waals surface area contributed by atoms with Crippen LogP contribution >= 0.6 is 0 Å². The molecule has 4 nitrogen and oxygen atoms in total. The Morgan fingerprint density at radius 2 is 1.75 bits per heavy atom. The summed E-state index contributed by atoms with van der Waals surface area (Å²) in [6.07, 6.45) is 3.17. The fourth-order valence-corrected chi connectivity index (χ4v) is 5.43. The van der Waals surface area contributed by atoms with Gasteiger partial charge in [-0.2, -0.15) is 4.31 Å². The van der Waals surface area contributed by atoms with Gasteiger partial charge in [0.05, 0.1) is 11.5 Å². The third kappa shape index (κ3) is 4.12. The van der Waals surface area contributed by atoms with Gasteiger partial charge in [-0.3, -0.25) is 0 Å². The van der Waals surface area contributed by atoms with Crippen LogP contribution in [-0.4, -0.2) is 32.4 Å². The molecule has 0 saturated carbocycles. The Hall–Kier alpha value is -1.07. The lowest BCUT2D eigenvalue weighted by Gasteiger charge is -2.34. The maximum atomic E-state index is 13.1. The van der Waals surface area contributed by atoms with Crippen molar-refractivity contribution in [2.75, 3.05) is 19.7 Å². The van der Waals surface area contributed by atoms with Gasteiger partial charge in [-0.15, -0.1) is 0 Å². The summed E-state index contributed by atoms with van der Waals surface area (Å²) in [7, 11) is -3.45. The van der Waals surface area contributed by atoms with Crippen molar-refractivity contribution in [3.05, 3.63) is 23.3 Å². The molecule has 1 heterocycles. The molecule has 0 N–H and O–H groups in total. The van der Waals surface area contributed by atoms with Gasteiger partial charge in [-0.1, -0.05) is 27.2 Å². The molecule has 24 heavy (non-hydrogen) atoms. The van der Waals surface area contributed by atoms with E-state index < -0.39 is 10.0 Å². The summed E-state index contributed by atoms with van der Waals surface area (Å²) in [5.74, 6) is 1.60. The number of hydrogen-bond donors (Lipinski definition) is 0. The highest BCUT2D eigenvalue weighted by molar-refractivity contribution is 7.89. The summed E-state index contributed by atoms with van der Waals surface area (Å²) in [6.45, 7) is 12.1. The molecule has 0 radical (unpaired) electrons. The Kier molecular flexibility index (Phi) is 6.32. The van der Waals surface area contributed by atoms with Crippen LogP contribution in [0.15, 0.2) is 17.0 Å². The van der Waals surface area contributed by atoms with E-state index in [0.29, 0.717) is 36.4 Å². The van der Waals surface area contributed by atoms with E-state index in [2.05, 4.69) is 20.8 Å². The van der Waals surface area contributed by atoms with E-state index in [1.54, 1.807) is 10.4 Å². The lowest BCUT2D eigenvalue weighted by Crippen LogP contribution is -2.42. The molecule has 1 aromatic carbocycles. The van der Waals surface area contributed by atoms with Crippen LogP contribution in [0.4, 0.5) is 0 Å². The van der Waals surface area contributed by atoms with Crippen LogP contribution in [0.2, 0.25) is 0 Å². The van der Waals surface area contributed by atoms with E-state index in [0.717, 1.165) is 36.1 Å². The minimum Gasteiger partial charge on any atom is -0.493 e. The SMILES string of the molecule is CCCCOc1ccc(S(=O)(=O)N2C[C@H](C)C[C@H](C)C2)c(C)c1C. The van der Waals surface area contributed by atoms with Crippen LogP contribution < -0.4 is 4.74 Å². The molecule has 1 aliphatic rings. The van der Waals surface area contributed by atoms with E-state index in [1.807, 2.05) is 19.9 Å². The molecule has 0 bridgehead atoms. The highest BCUT2D eigenvalue weighted by Gasteiger charge is 2.33. The molecule has 0 spiro atoms. The van der Waals surface area contributed by atoms with Crippen molar-refractivity contribution >= 4 is 10.0 Å². The summed E-state index contributed by atoms with van der Waals surface area (Å²) in [5.41, 5.74) is 1.72. The van der Waals surface area contributed by atoms with Gasteiger partial charge in [0.25, 0.3) is 0 Å². The Morgan fingerprint density at radius 1 is 1.12 bits per heavy atom. The average Bonchev–Trinajstić information content (AvgIpc) is 2.50. The zero-order chi connectivity index (χ0) is 17.9. The minimum absolute atomic E-state index is 0.404. The number of ether oxygens (including phenoxy) is 1. The van der Waals surface area contributed by atoms with Gasteiger partial charge in [0, 0.05) is 13.1 Å². The van der Waals surface area contributed by atoms with Crippen molar-refractivity contribution in [3.8, 4) is 5.75 Å². The van der Waals surface area contributed by atoms with Crippen LogP contribution in [0.25, 0.3) is 0 Å². The molecule has 1 fully saturated rings. The van der Waals surface area contributed by atoms with E-state index >= 15 is 0 Å². The smallest absolute Gasteiger partial charge is 0.243 e. The molecule has 0 aliphatic carbocycles. The lowest BCUT2D eigenvalue weighted by molar-refractivity contribution is 0.222. The van der Waals surface area contributed by atoms with Gasteiger partial charge in [-0.05, 0) is 61.8 Å². The Bertz CT molecular complexity index is 659. The van der Waals surface area contributed by atoms with Crippen LogP contribution in [0, 0.1) is 25.7 Å². The summed E-state index contributed by atoms with van der Waals surface area (Å²) >= 11 is 0. The van der Waals surface area contributed by atoms with E-state index in [1.165, 1.54) is 0 Å². The minimum atomic E-state index is -3.45. The number of nitrogens with zero attached hydrogens (tertiary/aromatic N) is 1. The largest absolute Gasteiger partial charge is 0.493 e. The first-order chi connectivity index (χ1) is 11.3. The van der Waals surface area contributed by atoms with Gasteiger partial charge >= 0.3 is 0 Å². The topological polar surface area (TPSA) is 46.6 Å². The zero-order valence-electron chi connectivity index (χ0n) is 15.6. The molecule has 1 saturated heterocycles. The molecule has 0 aromatic heterocycles. The summed E-state index contributed by atoms with van der Waals surface area (Å²) in [4.78, 5) is 0.421. The van der Waals surface area contributed by atoms with E-state index in [9.17, 15) is 8.42 Å². The van der Waals surface area contributed by atoms with Gasteiger partial charge < -0.3 is 4.74 Å². The number of sulfonamides is 1. The highest BCUT2D eigenvalue weighted by atomic mass is 32.2. The normalized spacial score (nSPS) is 22.5. The molecule has 136 valence electrons. The van der Waals surface area contributed by atoms with Gasteiger partial charge in [-0.25, -0.2) is 8.42 Å². The third-order valence-electron chi connectivity index (χ3n) is 4.90. The average molecular weight is 354 g/mol. The highest BCUT2D eigenvalue weighted by Crippen LogP contribution is 2.32. The van der Waals surface area contributed by atoms with Crippen molar-refractivity contribution in [3.63, 3.8) is 0 Å². The molecule has 1 aliphatic heterocycles. The van der Waals surface area contributed by atoms with Crippen LogP contribution in [-0.2, 0) is 10.0 Å². The maximum Gasteiger partial charge on any atom is 0.243 e.